The topological polar surface area (TPSA) is 35.2 Å². The van der Waals surface area contributed by atoms with Crippen molar-refractivity contribution in [3.8, 4) is 0 Å². The molecule has 0 heterocycles. The first kappa shape index (κ1) is 17.0. The summed E-state index contributed by atoms with van der Waals surface area (Å²) >= 11 is 0. The van der Waals surface area contributed by atoms with Crippen molar-refractivity contribution in [2.75, 3.05) is 0 Å². The Kier molecular flexibility index (Phi) is 4.98. The lowest BCUT2D eigenvalue weighted by atomic mass is 9.66. The average molecular weight is 235 g/mol. The molecule has 0 amide bonds. The standard InChI is InChI=1S/C13H27B2NO/c1-10(2,14)8-11(3,4)17-12(5,6)9-13(7,15)16/h8-9,16H2,1-7H3. The normalized spacial score (nSPS) is 17.9. The molecule has 0 aromatic heterocycles. The van der Waals surface area contributed by atoms with E-state index in [0.29, 0.717) is 6.42 Å². The third kappa shape index (κ3) is 9.72. The van der Waals surface area contributed by atoms with Gasteiger partial charge in [-0.2, -0.15) is 0 Å². The highest BCUT2D eigenvalue weighted by atomic mass is 16.5. The Morgan fingerprint density at radius 2 is 1.18 bits per heavy atom. The molecule has 0 saturated carbocycles. The Hall–Kier alpha value is 0.0499. The van der Waals surface area contributed by atoms with Crippen LogP contribution in [0.3, 0.4) is 0 Å². The van der Waals surface area contributed by atoms with Crippen molar-refractivity contribution in [2.24, 2.45) is 5.73 Å². The lowest BCUT2D eigenvalue weighted by Crippen LogP contribution is -2.48. The first-order valence-electron chi connectivity index (χ1n) is 6.19. The second kappa shape index (κ2) is 4.97. The van der Waals surface area contributed by atoms with Crippen LogP contribution in [0.25, 0.3) is 0 Å². The second-order valence-electron chi connectivity index (χ2n) is 7.47. The predicted molar refractivity (Wildman–Crippen MR) is 76.6 cm³/mol. The number of ether oxygens (including phenoxy) is 1. The zero-order chi connectivity index (χ0) is 14.1. The van der Waals surface area contributed by atoms with E-state index in [2.05, 4.69) is 0 Å². The fraction of sp³-hybridized carbons (Fsp3) is 1.00. The zero-order valence-corrected chi connectivity index (χ0v) is 12.6. The van der Waals surface area contributed by atoms with Crippen LogP contribution in [0.15, 0.2) is 0 Å². The summed E-state index contributed by atoms with van der Waals surface area (Å²) in [6.07, 6.45) is 1.36. The maximum Gasteiger partial charge on any atom is 0.0947 e. The van der Waals surface area contributed by atoms with E-state index in [4.69, 9.17) is 26.2 Å². The molecule has 0 aliphatic rings. The van der Waals surface area contributed by atoms with Gasteiger partial charge in [0, 0.05) is 0 Å². The molecular formula is C13H27B2NO. The maximum atomic E-state index is 6.14. The van der Waals surface area contributed by atoms with Gasteiger partial charge in [-0.15, -0.1) is 0 Å². The van der Waals surface area contributed by atoms with Gasteiger partial charge >= 0.3 is 0 Å². The summed E-state index contributed by atoms with van der Waals surface area (Å²) in [5.41, 5.74) is 4.45. The summed E-state index contributed by atoms with van der Waals surface area (Å²) in [5, 5.41) is -0.256. The molecule has 4 radical (unpaired) electrons. The molecule has 4 heteroatoms. The monoisotopic (exact) mass is 235 g/mol. The van der Waals surface area contributed by atoms with Crippen LogP contribution < -0.4 is 5.73 Å². The Morgan fingerprint density at radius 3 is 1.47 bits per heavy atom. The molecule has 0 saturated heterocycles. The summed E-state index contributed by atoms with van der Waals surface area (Å²) < 4.78 is 6.14. The number of hydrogen-bond donors (Lipinski definition) is 1. The van der Waals surface area contributed by atoms with Crippen LogP contribution in [0.5, 0.6) is 0 Å². The van der Waals surface area contributed by atoms with Gasteiger partial charge in [-0.1, -0.05) is 26.1 Å². The largest absolute Gasteiger partial charge is 0.370 e. The summed E-state index contributed by atoms with van der Waals surface area (Å²) in [5.74, 6) is 0. The van der Waals surface area contributed by atoms with Crippen molar-refractivity contribution in [3.63, 3.8) is 0 Å². The number of nitrogens with two attached hydrogens (primary N) is 1. The van der Waals surface area contributed by atoms with E-state index in [1.165, 1.54) is 0 Å². The van der Waals surface area contributed by atoms with Crippen molar-refractivity contribution in [1.82, 2.24) is 0 Å². The molecule has 1 unspecified atom stereocenters. The lowest BCUT2D eigenvalue weighted by molar-refractivity contribution is -0.135. The van der Waals surface area contributed by atoms with Crippen LogP contribution in [0.4, 0.5) is 0 Å². The maximum absolute atomic E-state index is 6.14. The van der Waals surface area contributed by atoms with E-state index in [9.17, 15) is 0 Å². The molecule has 0 aromatic rings. The van der Waals surface area contributed by atoms with Gasteiger partial charge in [0.15, 0.2) is 0 Å². The third-order valence-electron chi connectivity index (χ3n) is 2.24. The summed E-state index contributed by atoms with van der Waals surface area (Å²) in [4.78, 5) is 0. The zero-order valence-electron chi connectivity index (χ0n) is 12.6. The molecule has 17 heavy (non-hydrogen) atoms. The van der Waals surface area contributed by atoms with Crippen LogP contribution in [-0.2, 0) is 4.74 Å². The first-order valence-corrected chi connectivity index (χ1v) is 6.19. The number of hydrogen-bond acceptors (Lipinski definition) is 2. The molecule has 0 spiro atoms. The van der Waals surface area contributed by atoms with Crippen LogP contribution in [-0.4, -0.2) is 32.3 Å². The Bertz CT molecular complexity index is 223. The molecular weight excluding hydrogens is 208 g/mol. The van der Waals surface area contributed by atoms with Gasteiger partial charge in [-0.25, -0.2) is 0 Å². The molecule has 2 nitrogen and oxygen atoms in total. The third-order valence-corrected chi connectivity index (χ3v) is 2.24. The van der Waals surface area contributed by atoms with E-state index in [0.717, 1.165) is 6.42 Å². The fourth-order valence-electron chi connectivity index (χ4n) is 2.83. The minimum Gasteiger partial charge on any atom is -0.370 e. The van der Waals surface area contributed by atoms with Crippen LogP contribution in [0.1, 0.15) is 61.3 Å². The fourth-order valence-corrected chi connectivity index (χ4v) is 2.83. The molecule has 0 fully saturated rings. The second-order valence-corrected chi connectivity index (χ2v) is 7.47. The summed E-state index contributed by atoms with van der Waals surface area (Å²) in [6.45, 7) is 13.9. The van der Waals surface area contributed by atoms with Gasteiger partial charge in [-0.05, 0) is 46.0 Å². The Labute approximate surface area is 110 Å². The van der Waals surface area contributed by atoms with Crippen molar-refractivity contribution < 1.29 is 4.74 Å². The van der Waals surface area contributed by atoms with Gasteiger partial charge in [-0.3, -0.25) is 0 Å². The molecule has 0 aliphatic heterocycles. The summed E-state index contributed by atoms with van der Waals surface area (Å²) in [7, 11) is 11.9. The Balaban J connectivity index is 4.59. The van der Waals surface area contributed by atoms with Crippen molar-refractivity contribution in [3.05, 3.63) is 0 Å². The van der Waals surface area contributed by atoms with E-state index >= 15 is 0 Å². The molecule has 0 aliphatic carbocycles. The number of rotatable bonds is 6. The van der Waals surface area contributed by atoms with Crippen LogP contribution in [0, 0.1) is 0 Å². The van der Waals surface area contributed by atoms with Gasteiger partial charge in [0.25, 0.3) is 0 Å². The van der Waals surface area contributed by atoms with Gasteiger partial charge in [0.1, 0.15) is 0 Å². The smallest absolute Gasteiger partial charge is 0.0947 e. The minimum absolute atomic E-state index is 0.256. The van der Waals surface area contributed by atoms with Crippen molar-refractivity contribution in [2.45, 2.75) is 83.3 Å². The molecule has 0 aromatic carbocycles. The average Bonchev–Trinajstić information content (AvgIpc) is 1.65. The minimum atomic E-state index is -0.724. The van der Waals surface area contributed by atoms with Crippen molar-refractivity contribution in [1.29, 1.82) is 0 Å². The SMILES string of the molecule is [B]C(C)(C)CC(C)(C)OC(C)(C)CC([B])(C)N. The predicted octanol–water partition coefficient (Wildman–Crippen LogP) is 2.55. The molecule has 0 bridgehead atoms. The molecule has 2 N–H and O–H groups in total. The van der Waals surface area contributed by atoms with Gasteiger partial charge < -0.3 is 10.5 Å². The molecule has 0 rings (SSSR count). The Morgan fingerprint density at radius 1 is 0.824 bits per heavy atom. The van der Waals surface area contributed by atoms with E-state index < -0.39 is 5.44 Å². The van der Waals surface area contributed by atoms with Gasteiger partial charge in [0.2, 0.25) is 0 Å². The molecule has 96 valence electrons. The highest BCUT2D eigenvalue weighted by Gasteiger charge is 2.34. The summed E-state index contributed by atoms with van der Waals surface area (Å²) in [6, 6.07) is 0. The van der Waals surface area contributed by atoms with E-state index in [1.54, 1.807) is 6.92 Å². The highest BCUT2D eigenvalue weighted by molar-refractivity contribution is 6.15. The van der Waals surface area contributed by atoms with E-state index in [1.807, 2.05) is 41.5 Å². The lowest BCUT2D eigenvalue weighted by Gasteiger charge is -2.42. The van der Waals surface area contributed by atoms with Crippen LogP contribution >= 0.6 is 0 Å². The first-order chi connectivity index (χ1) is 7.12. The quantitative estimate of drug-likeness (QED) is 0.718. The van der Waals surface area contributed by atoms with Crippen molar-refractivity contribution >= 4 is 15.7 Å². The molecule has 1 atom stereocenters. The highest BCUT2D eigenvalue weighted by Crippen LogP contribution is 2.36. The van der Waals surface area contributed by atoms with Gasteiger partial charge in [0.05, 0.1) is 26.9 Å². The van der Waals surface area contributed by atoms with E-state index in [-0.39, 0.29) is 16.5 Å². The van der Waals surface area contributed by atoms with Crippen LogP contribution in [0.2, 0.25) is 5.31 Å².